The van der Waals surface area contributed by atoms with Gasteiger partial charge in [-0.1, -0.05) is 39.0 Å². The van der Waals surface area contributed by atoms with Crippen LogP contribution in [0.3, 0.4) is 0 Å². The Bertz CT molecular complexity index is 945. The van der Waals surface area contributed by atoms with Gasteiger partial charge in [0.25, 0.3) is 0 Å². The number of benzene rings is 1. The van der Waals surface area contributed by atoms with Crippen LogP contribution in [0.5, 0.6) is 0 Å². The Morgan fingerprint density at radius 1 is 1.21 bits per heavy atom. The second-order valence-electron chi connectivity index (χ2n) is 8.01. The van der Waals surface area contributed by atoms with Crippen LogP contribution in [-0.4, -0.2) is 29.0 Å². The van der Waals surface area contributed by atoms with Crippen molar-refractivity contribution >= 4 is 16.9 Å². The maximum Gasteiger partial charge on any atom is 0.216 e. The number of aromatic nitrogens is 2. The molecular weight excluding hydrogens is 350 g/mol. The van der Waals surface area contributed by atoms with Gasteiger partial charge in [-0.3, -0.25) is 0 Å². The molecule has 0 amide bonds. The average molecular weight is 382 g/mol. The van der Waals surface area contributed by atoms with Gasteiger partial charge >= 0.3 is 0 Å². The molecule has 3 aromatic rings. The van der Waals surface area contributed by atoms with Crippen LogP contribution in [-0.2, 0) is 18.4 Å². The van der Waals surface area contributed by atoms with Gasteiger partial charge in [-0.2, -0.15) is 0 Å². The van der Waals surface area contributed by atoms with E-state index < -0.39 is 0 Å². The summed E-state index contributed by atoms with van der Waals surface area (Å²) < 4.78 is 5.83. The molecule has 0 fully saturated rings. The molecule has 0 spiro atoms. The number of nitrogens with zero attached hydrogens (tertiary/aromatic N) is 2. The molecule has 0 unspecified atom stereocenters. The molecule has 0 aliphatic carbocycles. The second-order valence-corrected chi connectivity index (χ2v) is 8.01. The lowest BCUT2D eigenvalue weighted by Gasteiger charge is -2.13. The number of aryl methyl sites for hydroxylation is 1. The molecule has 2 heterocycles. The minimum absolute atomic E-state index is 0.0467. The Balaban J connectivity index is 1.62. The van der Waals surface area contributed by atoms with E-state index in [4.69, 9.17) is 4.42 Å². The van der Waals surface area contributed by atoms with Gasteiger partial charge in [0.2, 0.25) is 5.89 Å². The summed E-state index contributed by atoms with van der Waals surface area (Å²) in [5.74, 6) is 2.29. The third kappa shape index (κ3) is 4.74. The van der Waals surface area contributed by atoms with Crippen LogP contribution in [0.15, 0.2) is 39.9 Å². The number of hydrogen-bond donors (Lipinski definition) is 3. The van der Waals surface area contributed by atoms with Crippen molar-refractivity contribution < 1.29 is 4.42 Å². The van der Waals surface area contributed by atoms with Gasteiger partial charge in [0, 0.05) is 35.1 Å². The molecule has 0 atom stereocenters. The van der Waals surface area contributed by atoms with E-state index in [1.165, 1.54) is 22.2 Å². The van der Waals surface area contributed by atoms with E-state index in [9.17, 15) is 0 Å². The fourth-order valence-corrected chi connectivity index (χ4v) is 3.18. The number of aromatic amines is 1. The number of guanidine groups is 1. The van der Waals surface area contributed by atoms with Gasteiger partial charge in [0.1, 0.15) is 12.3 Å². The topological polar surface area (TPSA) is 78.2 Å². The number of fused-ring (bicyclic) bond motifs is 1. The van der Waals surface area contributed by atoms with E-state index in [0.717, 1.165) is 31.2 Å². The highest BCUT2D eigenvalue weighted by molar-refractivity contribution is 5.84. The SMILES string of the molecule is CCNC(=NCc1ncc(C(C)(C)C)o1)NCCc1c(C)[nH]c2ccccc12. The van der Waals surface area contributed by atoms with Crippen LogP contribution in [0.1, 0.15) is 50.6 Å². The lowest BCUT2D eigenvalue weighted by atomic mass is 9.94. The maximum absolute atomic E-state index is 5.83. The fourth-order valence-electron chi connectivity index (χ4n) is 3.18. The van der Waals surface area contributed by atoms with Crippen LogP contribution < -0.4 is 10.6 Å². The molecule has 6 heteroatoms. The van der Waals surface area contributed by atoms with Crippen molar-refractivity contribution in [3.63, 3.8) is 0 Å². The van der Waals surface area contributed by atoms with E-state index in [-0.39, 0.29) is 5.41 Å². The highest BCUT2D eigenvalue weighted by atomic mass is 16.4. The first-order valence-corrected chi connectivity index (χ1v) is 9.92. The van der Waals surface area contributed by atoms with Crippen molar-refractivity contribution in [1.29, 1.82) is 0 Å². The molecule has 3 rings (SSSR count). The largest absolute Gasteiger partial charge is 0.443 e. The Hall–Kier alpha value is -2.76. The zero-order valence-electron chi connectivity index (χ0n) is 17.5. The van der Waals surface area contributed by atoms with Crippen molar-refractivity contribution in [2.24, 2.45) is 4.99 Å². The Morgan fingerprint density at radius 2 is 2.00 bits per heavy atom. The number of H-pyrrole nitrogens is 1. The number of rotatable bonds is 6. The lowest BCUT2D eigenvalue weighted by molar-refractivity contribution is 0.383. The summed E-state index contributed by atoms with van der Waals surface area (Å²) in [5.41, 5.74) is 3.71. The summed E-state index contributed by atoms with van der Waals surface area (Å²) in [6.45, 7) is 12.5. The Kier molecular flexibility index (Phi) is 6.07. The summed E-state index contributed by atoms with van der Waals surface area (Å²) in [6.07, 6.45) is 2.72. The van der Waals surface area contributed by atoms with Crippen LogP contribution >= 0.6 is 0 Å². The first-order valence-electron chi connectivity index (χ1n) is 9.92. The zero-order chi connectivity index (χ0) is 20.1. The van der Waals surface area contributed by atoms with E-state index in [1.54, 1.807) is 6.20 Å². The molecule has 2 aromatic heterocycles. The highest BCUT2D eigenvalue weighted by Gasteiger charge is 2.19. The average Bonchev–Trinajstić information content (AvgIpc) is 3.24. The maximum atomic E-state index is 5.83. The predicted molar refractivity (Wildman–Crippen MR) is 115 cm³/mol. The van der Waals surface area contributed by atoms with E-state index >= 15 is 0 Å². The zero-order valence-corrected chi connectivity index (χ0v) is 17.5. The molecule has 6 nitrogen and oxygen atoms in total. The van der Waals surface area contributed by atoms with Gasteiger partial charge in [-0.25, -0.2) is 9.98 Å². The Labute approximate surface area is 166 Å². The Morgan fingerprint density at radius 3 is 2.71 bits per heavy atom. The molecule has 0 aliphatic heterocycles. The minimum atomic E-state index is -0.0467. The first-order chi connectivity index (χ1) is 13.4. The number of hydrogen-bond acceptors (Lipinski definition) is 3. The van der Waals surface area contributed by atoms with Crippen LogP contribution in [0.25, 0.3) is 10.9 Å². The summed E-state index contributed by atoms with van der Waals surface area (Å²) in [6, 6.07) is 8.43. The van der Waals surface area contributed by atoms with Crippen molar-refractivity contribution in [2.75, 3.05) is 13.1 Å². The molecule has 0 aliphatic rings. The third-order valence-electron chi connectivity index (χ3n) is 4.70. The summed E-state index contributed by atoms with van der Waals surface area (Å²) in [7, 11) is 0. The molecule has 3 N–H and O–H groups in total. The van der Waals surface area contributed by atoms with E-state index in [2.05, 4.69) is 84.5 Å². The van der Waals surface area contributed by atoms with E-state index in [0.29, 0.717) is 12.4 Å². The fraction of sp³-hybridized carbons (Fsp3) is 0.455. The first kappa shape index (κ1) is 20.0. The van der Waals surface area contributed by atoms with Crippen LogP contribution in [0.4, 0.5) is 0 Å². The van der Waals surface area contributed by atoms with Gasteiger partial charge in [-0.15, -0.1) is 0 Å². The van der Waals surface area contributed by atoms with Gasteiger partial charge < -0.3 is 20.0 Å². The second kappa shape index (κ2) is 8.50. The molecule has 0 bridgehead atoms. The van der Waals surface area contributed by atoms with Gasteiger partial charge in [-0.05, 0) is 31.9 Å². The quantitative estimate of drug-likeness (QED) is 0.444. The molecule has 0 saturated heterocycles. The standard InChI is InChI=1S/C22H31N5O/c1-6-23-21(26-14-20-25-13-19(28-20)22(3,4)5)24-12-11-16-15(2)27-18-10-8-7-9-17(16)18/h7-10,13,27H,6,11-12,14H2,1-5H3,(H2,23,24,26). The molecule has 1 aromatic carbocycles. The smallest absolute Gasteiger partial charge is 0.216 e. The molecule has 28 heavy (non-hydrogen) atoms. The highest BCUT2D eigenvalue weighted by Crippen LogP contribution is 2.23. The normalized spacial score (nSPS) is 12.5. The monoisotopic (exact) mass is 381 g/mol. The van der Waals surface area contributed by atoms with Crippen molar-refractivity contribution in [3.05, 3.63) is 53.4 Å². The van der Waals surface area contributed by atoms with E-state index in [1.807, 2.05) is 0 Å². The number of aliphatic imine (C=N–C) groups is 1. The molecule has 150 valence electrons. The number of oxazole rings is 1. The number of para-hydroxylation sites is 1. The van der Waals surface area contributed by atoms with Gasteiger partial charge in [0.05, 0.1) is 6.20 Å². The molecular formula is C22H31N5O. The third-order valence-corrected chi connectivity index (χ3v) is 4.70. The summed E-state index contributed by atoms with van der Waals surface area (Å²) in [5, 5.41) is 7.99. The van der Waals surface area contributed by atoms with Crippen LogP contribution in [0, 0.1) is 6.92 Å². The summed E-state index contributed by atoms with van der Waals surface area (Å²) in [4.78, 5) is 12.4. The van der Waals surface area contributed by atoms with Crippen molar-refractivity contribution in [2.45, 2.75) is 53.0 Å². The van der Waals surface area contributed by atoms with Crippen molar-refractivity contribution in [1.82, 2.24) is 20.6 Å². The molecule has 0 radical (unpaired) electrons. The predicted octanol–water partition coefficient (Wildman–Crippen LogP) is 4.06. The number of nitrogens with one attached hydrogen (secondary N) is 3. The minimum Gasteiger partial charge on any atom is -0.443 e. The molecule has 0 saturated carbocycles. The van der Waals surface area contributed by atoms with Gasteiger partial charge in [0.15, 0.2) is 5.96 Å². The summed E-state index contributed by atoms with van der Waals surface area (Å²) >= 11 is 0. The van der Waals surface area contributed by atoms with Crippen molar-refractivity contribution in [3.8, 4) is 0 Å². The lowest BCUT2D eigenvalue weighted by Crippen LogP contribution is -2.38. The van der Waals surface area contributed by atoms with Crippen LogP contribution in [0.2, 0.25) is 0 Å².